The van der Waals surface area contributed by atoms with E-state index >= 15 is 0 Å². The van der Waals surface area contributed by atoms with Crippen molar-refractivity contribution in [3.05, 3.63) is 11.6 Å². The van der Waals surface area contributed by atoms with Crippen molar-refractivity contribution in [1.82, 2.24) is 0 Å². The zero-order valence-corrected chi connectivity index (χ0v) is 13.2. The smallest absolute Gasteiger partial charge is 0.138 e. The molecule has 2 fully saturated rings. The first-order valence-electron chi connectivity index (χ1n) is 8.22. The van der Waals surface area contributed by atoms with E-state index in [1.165, 1.54) is 12.0 Å². The lowest BCUT2D eigenvalue weighted by Crippen LogP contribution is -2.55. The molecule has 3 aliphatic rings. The summed E-state index contributed by atoms with van der Waals surface area (Å²) >= 11 is 0. The Labute approximate surface area is 122 Å². The van der Waals surface area contributed by atoms with Gasteiger partial charge in [-0.25, -0.2) is 0 Å². The van der Waals surface area contributed by atoms with Crippen LogP contribution in [0.2, 0.25) is 0 Å². The quantitative estimate of drug-likeness (QED) is 0.738. The summed E-state index contributed by atoms with van der Waals surface area (Å²) in [6.07, 6.45) is 9.73. The third-order valence-electron chi connectivity index (χ3n) is 6.84. The van der Waals surface area contributed by atoms with Crippen LogP contribution in [0.25, 0.3) is 0 Å². The predicted octanol–water partition coefficient (Wildman–Crippen LogP) is 3.88. The Morgan fingerprint density at radius 2 is 2.00 bits per heavy atom. The number of fused-ring (bicyclic) bond motifs is 3. The summed E-state index contributed by atoms with van der Waals surface area (Å²) in [6.45, 7) is 6.95. The molecule has 3 rings (SSSR count). The van der Waals surface area contributed by atoms with Crippen LogP contribution in [0.5, 0.6) is 0 Å². The largest absolute Gasteiger partial charge is 0.395 e. The first-order valence-corrected chi connectivity index (χ1v) is 8.22. The summed E-state index contributed by atoms with van der Waals surface area (Å²) in [6, 6.07) is 0. The van der Waals surface area contributed by atoms with Gasteiger partial charge in [0.25, 0.3) is 0 Å². The van der Waals surface area contributed by atoms with E-state index in [1.807, 2.05) is 0 Å². The fourth-order valence-electron chi connectivity index (χ4n) is 5.66. The Kier molecular flexibility index (Phi) is 3.17. The number of allylic oxidation sites excluding steroid dienone is 1. The summed E-state index contributed by atoms with van der Waals surface area (Å²) in [5.41, 5.74) is 1.45. The van der Waals surface area contributed by atoms with Gasteiger partial charge < -0.3 is 5.11 Å². The lowest BCUT2D eigenvalue weighted by Gasteiger charge is -2.60. The van der Waals surface area contributed by atoms with E-state index in [1.54, 1.807) is 0 Å². The second-order valence-corrected chi connectivity index (χ2v) is 8.10. The number of aliphatic hydroxyl groups excluding tert-OH is 1. The van der Waals surface area contributed by atoms with Gasteiger partial charge in [-0.1, -0.05) is 32.4 Å². The lowest BCUT2D eigenvalue weighted by molar-refractivity contribution is -0.142. The standard InChI is InChI=1S/C18H28O2/c1-16(2)13-7-11-18(12-19)9-5-4-6-14(18)17(13,3)10-8-15(16)20/h6,13,19H,4-5,7-12H2,1-3H3/t13?,17-,18+/m1/s1. The molecule has 3 aliphatic carbocycles. The monoisotopic (exact) mass is 276 g/mol. The third kappa shape index (κ3) is 1.70. The van der Waals surface area contributed by atoms with E-state index in [2.05, 4.69) is 26.8 Å². The van der Waals surface area contributed by atoms with Crippen molar-refractivity contribution in [2.45, 2.75) is 65.7 Å². The van der Waals surface area contributed by atoms with Gasteiger partial charge in [0.2, 0.25) is 0 Å². The van der Waals surface area contributed by atoms with Gasteiger partial charge in [-0.2, -0.15) is 0 Å². The molecule has 0 bridgehead atoms. The van der Waals surface area contributed by atoms with Crippen molar-refractivity contribution in [3.8, 4) is 0 Å². The highest BCUT2D eigenvalue weighted by atomic mass is 16.3. The predicted molar refractivity (Wildman–Crippen MR) is 80.3 cm³/mol. The van der Waals surface area contributed by atoms with Gasteiger partial charge in [0.05, 0.1) is 6.61 Å². The number of rotatable bonds is 1. The fourth-order valence-corrected chi connectivity index (χ4v) is 5.66. The average molecular weight is 276 g/mol. The molecule has 1 unspecified atom stereocenters. The first-order chi connectivity index (χ1) is 9.37. The molecule has 0 aromatic carbocycles. The SMILES string of the molecule is CC1(C)C(=O)CC[C@@]2(C)C3=CCCC[C@@]3(CO)CCC12. The van der Waals surface area contributed by atoms with Crippen LogP contribution in [-0.4, -0.2) is 17.5 Å². The minimum absolute atomic E-state index is 0.0277. The van der Waals surface area contributed by atoms with Crippen LogP contribution in [0.3, 0.4) is 0 Å². The number of aliphatic hydroxyl groups is 1. The molecule has 2 nitrogen and oxygen atoms in total. The first kappa shape index (κ1) is 14.3. The summed E-state index contributed by atoms with van der Waals surface area (Å²) in [7, 11) is 0. The maximum Gasteiger partial charge on any atom is 0.138 e. The number of hydrogen-bond donors (Lipinski definition) is 1. The number of hydrogen-bond acceptors (Lipinski definition) is 2. The molecule has 20 heavy (non-hydrogen) atoms. The summed E-state index contributed by atoms with van der Waals surface area (Å²) < 4.78 is 0. The summed E-state index contributed by atoms with van der Waals surface area (Å²) in [4.78, 5) is 12.4. The van der Waals surface area contributed by atoms with Crippen molar-refractivity contribution in [2.24, 2.45) is 22.2 Å². The van der Waals surface area contributed by atoms with Crippen molar-refractivity contribution < 1.29 is 9.90 Å². The lowest BCUT2D eigenvalue weighted by atomic mass is 9.44. The Bertz CT molecular complexity index is 462. The van der Waals surface area contributed by atoms with Crippen molar-refractivity contribution >= 4 is 5.78 Å². The van der Waals surface area contributed by atoms with Crippen LogP contribution in [0.15, 0.2) is 11.6 Å². The zero-order chi connectivity index (χ0) is 14.6. The Balaban J connectivity index is 2.07. The van der Waals surface area contributed by atoms with Crippen molar-refractivity contribution in [2.75, 3.05) is 6.61 Å². The highest BCUT2D eigenvalue weighted by Crippen LogP contribution is 2.65. The molecular formula is C18H28O2. The molecule has 3 atom stereocenters. The second-order valence-electron chi connectivity index (χ2n) is 8.10. The van der Waals surface area contributed by atoms with Crippen molar-refractivity contribution in [1.29, 1.82) is 0 Å². The van der Waals surface area contributed by atoms with Gasteiger partial charge in [-0.15, -0.1) is 0 Å². The molecule has 0 aromatic heterocycles. The maximum atomic E-state index is 12.4. The molecule has 0 aromatic rings. The van der Waals surface area contributed by atoms with Crippen LogP contribution in [0.4, 0.5) is 0 Å². The van der Waals surface area contributed by atoms with E-state index in [4.69, 9.17) is 0 Å². The van der Waals surface area contributed by atoms with E-state index < -0.39 is 0 Å². The minimum atomic E-state index is -0.201. The van der Waals surface area contributed by atoms with Crippen LogP contribution >= 0.6 is 0 Å². The molecule has 0 saturated heterocycles. The zero-order valence-electron chi connectivity index (χ0n) is 13.2. The van der Waals surface area contributed by atoms with E-state index in [0.717, 1.165) is 32.1 Å². The van der Waals surface area contributed by atoms with Crippen LogP contribution in [-0.2, 0) is 4.79 Å². The highest BCUT2D eigenvalue weighted by molar-refractivity contribution is 5.85. The molecule has 0 amide bonds. The second kappa shape index (κ2) is 4.43. The molecule has 0 aliphatic heterocycles. The molecule has 2 saturated carbocycles. The van der Waals surface area contributed by atoms with E-state index in [0.29, 0.717) is 18.1 Å². The van der Waals surface area contributed by atoms with Gasteiger partial charge in [-0.3, -0.25) is 4.79 Å². The molecule has 0 spiro atoms. The molecular weight excluding hydrogens is 248 g/mol. The topological polar surface area (TPSA) is 37.3 Å². The number of ketones is 1. The third-order valence-corrected chi connectivity index (χ3v) is 6.84. The van der Waals surface area contributed by atoms with Crippen LogP contribution in [0.1, 0.15) is 65.7 Å². The van der Waals surface area contributed by atoms with Crippen LogP contribution in [0, 0.1) is 22.2 Å². The van der Waals surface area contributed by atoms with Gasteiger partial charge in [0.1, 0.15) is 5.78 Å². The highest BCUT2D eigenvalue weighted by Gasteiger charge is 2.59. The maximum absolute atomic E-state index is 12.4. The number of carbonyl (C=O) groups is 1. The molecule has 0 radical (unpaired) electrons. The fraction of sp³-hybridized carbons (Fsp3) is 0.833. The molecule has 112 valence electrons. The molecule has 1 N–H and O–H groups in total. The van der Waals surface area contributed by atoms with Crippen molar-refractivity contribution in [3.63, 3.8) is 0 Å². The van der Waals surface area contributed by atoms with Crippen LogP contribution < -0.4 is 0 Å². The average Bonchev–Trinajstić information content (AvgIpc) is 2.43. The van der Waals surface area contributed by atoms with Gasteiger partial charge in [0, 0.05) is 17.3 Å². The molecule has 0 heterocycles. The Hall–Kier alpha value is -0.630. The number of Topliss-reactive ketones (excluding diaryl/α,β-unsaturated/α-hetero) is 1. The molecule has 2 heteroatoms. The number of carbonyl (C=O) groups excluding carboxylic acids is 1. The Morgan fingerprint density at radius 1 is 1.25 bits per heavy atom. The Morgan fingerprint density at radius 3 is 2.70 bits per heavy atom. The summed E-state index contributed by atoms with van der Waals surface area (Å²) in [5.74, 6) is 0.883. The summed E-state index contributed by atoms with van der Waals surface area (Å²) in [5, 5.41) is 10.1. The van der Waals surface area contributed by atoms with E-state index in [9.17, 15) is 9.90 Å². The van der Waals surface area contributed by atoms with Gasteiger partial charge in [0.15, 0.2) is 0 Å². The van der Waals surface area contributed by atoms with Gasteiger partial charge >= 0.3 is 0 Å². The minimum Gasteiger partial charge on any atom is -0.395 e. The normalized spacial score (nSPS) is 43.5. The van der Waals surface area contributed by atoms with Gasteiger partial charge in [-0.05, 0) is 49.9 Å². The van der Waals surface area contributed by atoms with E-state index in [-0.39, 0.29) is 22.9 Å².